The van der Waals surface area contributed by atoms with Crippen molar-refractivity contribution in [1.29, 1.82) is 0 Å². The zero-order valence-electron chi connectivity index (χ0n) is 22.0. The van der Waals surface area contributed by atoms with Gasteiger partial charge in [-0.2, -0.15) is 10.1 Å². The van der Waals surface area contributed by atoms with Gasteiger partial charge in [-0.1, -0.05) is 13.0 Å². The van der Waals surface area contributed by atoms with Gasteiger partial charge in [-0.15, -0.1) is 0 Å². The molecule has 3 aliphatic rings. The number of amidine groups is 1. The summed E-state index contributed by atoms with van der Waals surface area (Å²) in [4.78, 5) is 29.2. The number of rotatable bonds is 5. The Morgan fingerprint density at radius 3 is 2.61 bits per heavy atom. The van der Waals surface area contributed by atoms with Crippen molar-refractivity contribution in [3.63, 3.8) is 0 Å². The predicted molar refractivity (Wildman–Crippen MR) is 153 cm³/mol. The first-order valence-electron chi connectivity index (χ1n) is 13.4. The minimum atomic E-state index is -0.217. The molecule has 2 aromatic heterocycles. The molecule has 0 unspecified atom stereocenters. The molecule has 6 rings (SSSR count). The number of carbonyl (C=O) groups is 1. The van der Waals surface area contributed by atoms with E-state index in [1.807, 2.05) is 28.9 Å². The van der Waals surface area contributed by atoms with E-state index in [0.717, 1.165) is 61.3 Å². The molecule has 3 aromatic rings. The maximum absolute atomic E-state index is 12.6. The summed E-state index contributed by atoms with van der Waals surface area (Å²) in [7, 11) is 0. The van der Waals surface area contributed by atoms with Crippen LogP contribution in [0.3, 0.4) is 0 Å². The number of aliphatic imine (C=N–C) groups is 1. The van der Waals surface area contributed by atoms with Gasteiger partial charge in [-0.05, 0) is 67.6 Å². The van der Waals surface area contributed by atoms with Crippen molar-refractivity contribution >= 4 is 40.2 Å². The van der Waals surface area contributed by atoms with Gasteiger partial charge in [0, 0.05) is 50.5 Å². The molecule has 198 valence electrons. The molecule has 5 heterocycles. The summed E-state index contributed by atoms with van der Waals surface area (Å²) >= 11 is 1.41. The lowest BCUT2D eigenvalue weighted by molar-refractivity contribution is -0.113. The molecule has 0 saturated carbocycles. The second-order valence-electron chi connectivity index (χ2n) is 9.91. The van der Waals surface area contributed by atoms with Crippen molar-refractivity contribution in [3.05, 3.63) is 52.7 Å². The SMILES string of the molecule is CCCN1CCN(c2ccc(-c3cnc4ccc(/C=C5\SC(N6CCOCC6)=NC5=O)nn34)cc2C)CC1. The van der Waals surface area contributed by atoms with Crippen LogP contribution >= 0.6 is 11.8 Å². The lowest BCUT2D eigenvalue weighted by Gasteiger charge is -2.36. The summed E-state index contributed by atoms with van der Waals surface area (Å²) in [5.41, 5.74) is 6.02. The number of thioether (sulfide) groups is 1. The highest BCUT2D eigenvalue weighted by Crippen LogP contribution is 2.31. The molecule has 0 spiro atoms. The number of ether oxygens (including phenoxy) is 1. The maximum Gasteiger partial charge on any atom is 0.286 e. The molecule has 0 radical (unpaired) electrons. The maximum atomic E-state index is 12.6. The minimum Gasteiger partial charge on any atom is -0.378 e. The molecule has 3 aliphatic heterocycles. The number of fused-ring (bicyclic) bond motifs is 1. The van der Waals surface area contributed by atoms with E-state index in [1.165, 1.54) is 36.0 Å². The number of hydrogen-bond donors (Lipinski definition) is 0. The number of anilines is 1. The van der Waals surface area contributed by atoms with Crippen LogP contribution in [0.5, 0.6) is 0 Å². The van der Waals surface area contributed by atoms with E-state index in [-0.39, 0.29) is 5.91 Å². The van der Waals surface area contributed by atoms with Gasteiger partial charge >= 0.3 is 0 Å². The van der Waals surface area contributed by atoms with Crippen molar-refractivity contribution < 1.29 is 9.53 Å². The fraction of sp³-hybridized carbons (Fsp3) is 0.429. The third kappa shape index (κ3) is 5.08. The Morgan fingerprint density at radius 1 is 1.03 bits per heavy atom. The molecule has 1 amide bonds. The van der Waals surface area contributed by atoms with Gasteiger partial charge in [0.2, 0.25) is 0 Å². The first-order chi connectivity index (χ1) is 18.6. The van der Waals surface area contributed by atoms with E-state index in [2.05, 4.69) is 56.7 Å². The number of amides is 1. The van der Waals surface area contributed by atoms with Gasteiger partial charge in [0.05, 0.1) is 35.7 Å². The summed E-state index contributed by atoms with van der Waals surface area (Å²) in [6, 6.07) is 10.4. The van der Waals surface area contributed by atoms with Crippen molar-refractivity contribution in [2.24, 2.45) is 4.99 Å². The first kappa shape index (κ1) is 25.1. The Labute approximate surface area is 227 Å². The summed E-state index contributed by atoms with van der Waals surface area (Å²) in [6.45, 7) is 12.8. The van der Waals surface area contributed by atoms with Crippen LogP contribution in [0.2, 0.25) is 0 Å². The number of benzene rings is 1. The van der Waals surface area contributed by atoms with E-state index in [0.29, 0.717) is 23.8 Å². The molecule has 0 bridgehead atoms. The molecule has 2 fully saturated rings. The molecule has 0 atom stereocenters. The van der Waals surface area contributed by atoms with Crippen LogP contribution < -0.4 is 4.90 Å². The largest absolute Gasteiger partial charge is 0.378 e. The second kappa shape index (κ2) is 10.9. The highest BCUT2D eigenvalue weighted by molar-refractivity contribution is 8.18. The van der Waals surface area contributed by atoms with Gasteiger partial charge in [0.1, 0.15) is 0 Å². The lowest BCUT2D eigenvalue weighted by atomic mass is 10.1. The molecule has 0 N–H and O–H groups in total. The van der Waals surface area contributed by atoms with Gasteiger partial charge < -0.3 is 14.5 Å². The number of carbonyl (C=O) groups excluding carboxylic acids is 1. The zero-order chi connectivity index (χ0) is 26.1. The zero-order valence-corrected chi connectivity index (χ0v) is 22.8. The average Bonchev–Trinajstić information content (AvgIpc) is 3.53. The number of piperazine rings is 1. The average molecular weight is 532 g/mol. The lowest BCUT2D eigenvalue weighted by Crippen LogP contribution is -2.46. The normalized spacial score (nSPS) is 20.1. The molecule has 0 aliphatic carbocycles. The van der Waals surface area contributed by atoms with Gasteiger partial charge in [0.15, 0.2) is 10.8 Å². The van der Waals surface area contributed by atoms with Crippen molar-refractivity contribution in [1.82, 2.24) is 24.4 Å². The Kier molecular flexibility index (Phi) is 7.18. The summed E-state index contributed by atoms with van der Waals surface area (Å²) < 4.78 is 7.28. The number of aryl methyl sites for hydroxylation is 1. The summed E-state index contributed by atoms with van der Waals surface area (Å²) in [5.74, 6) is -0.217. The second-order valence-corrected chi connectivity index (χ2v) is 10.9. The highest BCUT2D eigenvalue weighted by atomic mass is 32.2. The minimum absolute atomic E-state index is 0.217. The van der Waals surface area contributed by atoms with Crippen LogP contribution in [0.1, 0.15) is 24.6 Å². The molecule has 9 nitrogen and oxygen atoms in total. The molecule has 10 heteroatoms. The van der Waals surface area contributed by atoms with Crippen LogP contribution in [0.4, 0.5) is 5.69 Å². The molecular weight excluding hydrogens is 498 g/mol. The summed E-state index contributed by atoms with van der Waals surface area (Å²) in [6.07, 6.45) is 4.89. The van der Waals surface area contributed by atoms with E-state index in [1.54, 1.807) is 0 Å². The Bertz CT molecular complexity index is 1400. The molecule has 2 saturated heterocycles. The number of imidazole rings is 1. The number of aromatic nitrogens is 3. The fourth-order valence-electron chi connectivity index (χ4n) is 5.28. The monoisotopic (exact) mass is 531 g/mol. The third-order valence-corrected chi connectivity index (χ3v) is 8.34. The molecular formula is C28H33N7O2S. The number of nitrogens with zero attached hydrogens (tertiary/aromatic N) is 7. The first-order valence-corrected chi connectivity index (χ1v) is 14.2. The number of morpholine rings is 1. The van der Waals surface area contributed by atoms with Gasteiger partial charge in [-0.3, -0.25) is 9.69 Å². The molecule has 1 aromatic carbocycles. The highest BCUT2D eigenvalue weighted by Gasteiger charge is 2.27. The van der Waals surface area contributed by atoms with Gasteiger partial charge in [0.25, 0.3) is 5.91 Å². The fourth-order valence-corrected chi connectivity index (χ4v) is 6.23. The number of hydrogen-bond acceptors (Lipinski definition) is 8. The Balaban J connectivity index is 1.22. The van der Waals surface area contributed by atoms with E-state index in [4.69, 9.17) is 9.84 Å². The quantitative estimate of drug-likeness (QED) is 0.463. The standard InChI is InChI=1S/C28H33N7O2S/c1-3-8-32-9-11-33(12-10-32)23-6-4-21(17-20(23)2)24-19-29-26-7-5-22(31-35(24)26)18-25-27(36)30-28(38-25)34-13-15-37-16-14-34/h4-7,17-19H,3,8-16H2,1-2H3/b25-18-. The van der Waals surface area contributed by atoms with Crippen LogP contribution in [-0.4, -0.2) is 94.5 Å². The van der Waals surface area contributed by atoms with Crippen LogP contribution in [0, 0.1) is 6.92 Å². The summed E-state index contributed by atoms with van der Waals surface area (Å²) in [5, 5.41) is 5.57. The van der Waals surface area contributed by atoms with E-state index in [9.17, 15) is 4.79 Å². The molecule has 38 heavy (non-hydrogen) atoms. The smallest absolute Gasteiger partial charge is 0.286 e. The van der Waals surface area contributed by atoms with Crippen molar-refractivity contribution in [2.45, 2.75) is 20.3 Å². The topological polar surface area (TPSA) is 78.6 Å². The van der Waals surface area contributed by atoms with Crippen molar-refractivity contribution in [3.8, 4) is 11.3 Å². The van der Waals surface area contributed by atoms with Crippen LogP contribution in [-0.2, 0) is 9.53 Å². The van der Waals surface area contributed by atoms with Crippen molar-refractivity contribution in [2.75, 3.05) is 63.9 Å². The van der Waals surface area contributed by atoms with E-state index >= 15 is 0 Å². The Morgan fingerprint density at radius 2 is 1.84 bits per heavy atom. The van der Waals surface area contributed by atoms with Gasteiger partial charge in [-0.25, -0.2) is 9.50 Å². The van der Waals surface area contributed by atoms with E-state index < -0.39 is 0 Å². The Hall–Kier alpha value is -3.21. The van der Waals surface area contributed by atoms with Crippen LogP contribution in [0.15, 0.2) is 46.4 Å². The van der Waals surface area contributed by atoms with Crippen LogP contribution in [0.25, 0.3) is 23.0 Å². The predicted octanol–water partition coefficient (Wildman–Crippen LogP) is 3.54. The third-order valence-electron chi connectivity index (χ3n) is 7.30.